The summed E-state index contributed by atoms with van der Waals surface area (Å²) in [6.07, 6.45) is 2.51. The number of anilines is 2. The quantitative estimate of drug-likeness (QED) is 0.676. The van der Waals surface area contributed by atoms with E-state index in [1.807, 2.05) is 36.1 Å². The molecule has 1 atom stereocenters. The summed E-state index contributed by atoms with van der Waals surface area (Å²) in [4.78, 5) is 33.3. The highest BCUT2D eigenvalue weighted by Gasteiger charge is 2.34. The number of nitrogens with one attached hydrogen (secondary N) is 2. The smallest absolute Gasteiger partial charge is 0.320 e. The lowest BCUT2D eigenvalue weighted by Crippen LogP contribution is -2.34. The molecular formula is C22H25N7O2. The zero-order valence-corrected chi connectivity index (χ0v) is 17.4. The molecule has 0 saturated carbocycles. The second kappa shape index (κ2) is 7.90. The molecule has 9 nitrogen and oxygen atoms in total. The third kappa shape index (κ3) is 3.78. The summed E-state index contributed by atoms with van der Waals surface area (Å²) >= 11 is 0. The van der Waals surface area contributed by atoms with Crippen LogP contribution in [-0.4, -0.2) is 51.1 Å². The predicted molar refractivity (Wildman–Crippen MR) is 117 cm³/mol. The van der Waals surface area contributed by atoms with Crippen molar-refractivity contribution >= 4 is 29.2 Å². The van der Waals surface area contributed by atoms with Gasteiger partial charge in [-0.05, 0) is 36.6 Å². The Bertz CT molecular complexity index is 1120. The van der Waals surface area contributed by atoms with Gasteiger partial charge in [0.25, 0.3) is 0 Å². The Balaban J connectivity index is 1.25. The largest absolute Gasteiger partial charge is 0.354 e. The van der Waals surface area contributed by atoms with E-state index in [0.29, 0.717) is 37.6 Å². The molecule has 0 aliphatic carbocycles. The number of hydrogen-bond donors (Lipinski definition) is 2. The van der Waals surface area contributed by atoms with Crippen LogP contribution in [0.4, 0.5) is 16.4 Å². The lowest BCUT2D eigenvalue weighted by molar-refractivity contribution is -0.135. The molecule has 0 spiro atoms. The standard InChI is InChI=1S/C22H25N7O2/c1-2-23-22(31)25-18-14-29-19(24-18)7-8-20(26-29)27-10-9-17(13-27)21(30)28-11-15-5-3-4-6-16(15)12-28/h3-8,14,17H,2,9-13H2,1H3,(H2,23,25,31). The monoisotopic (exact) mass is 419 g/mol. The number of nitrogens with zero attached hydrogens (tertiary/aromatic N) is 5. The van der Waals surface area contributed by atoms with Crippen molar-refractivity contribution in [2.24, 2.45) is 5.92 Å². The van der Waals surface area contributed by atoms with Crippen LogP contribution in [0.5, 0.6) is 0 Å². The number of fused-ring (bicyclic) bond motifs is 2. The van der Waals surface area contributed by atoms with Gasteiger partial charge in [-0.3, -0.25) is 10.1 Å². The highest BCUT2D eigenvalue weighted by Crippen LogP contribution is 2.28. The average Bonchev–Trinajstić information content (AvgIpc) is 3.49. The Labute approximate surface area is 180 Å². The molecule has 1 aromatic carbocycles. The van der Waals surface area contributed by atoms with Crippen LogP contribution < -0.4 is 15.5 Å². The molecule has 3 aromatic rings. The topological polar surface area (TPSA) is 94.9 Å². The maximum atomic E-state index is 13.1. The molecule has 2 aliphatic heterocycles. The van der Waals surface area contributed by atoms with Gasteiger partial charge >= 0.3 is 6.03 Å². The maximum absolute atomic E-state index is 13.1. The molecule has 1 unspecified atom stereocenters. The number of benzene rings is 1. The van der Waals surface area contributed by atoms with Crippen LogP contribution in [0.15, 0.2) is 42.6 Å². The highest BCUT2D eigenvalue weighted by molar-refractivity contribution is 5.88. The average molecular weight is 419 g/mol. The first kappa shape index (κ1) is 19.3. The summed E-state index contributed by atoms with van der Waals surface area (Å²) in [6, 6.07) is 11.7. The first-order valence-corrected chi connectivity index (χ1v) is 10.6. The molecular weight excluding hydrogens is 394 g/mol. The molecule has 2 aromatic heterocycles. The molecule has 1 saturated heterocycles. The van der Waals surface area contributed by atoms with Gasteiger partial charge in [-0.15, -0.1) is 5.10 Å². The van der Waals surface area contributed by atoms with Crippen LogP contribution in [0.2, 0.25) is 0 Å². The van der Waals surface area contributed by atoms with Crippen LogP contribution in [0.1, 0.15) is 24.5 Å². The molecule has 2 aliphatic rings. The third-order valence-electron chi connectivity index (χ3n) is 5.90. The minimum absolute atomic E-state index is 0.0236. The van der Waals surface area contributed by atoms with Gasteiger partial charge in [-0.2, -0.15) is 0 Å². The molecule has 3 amide bonds. The van der Waals surface area contributed by atoms with Gasteiger partial charge in [-0.25, -0.2) is 14.3 Å². The van der Waals surface area contributed by atoms with Gasteiger partial charge in [0, 0.05) is 32.7 Å². The molecule has 1 fully saturated rings. The van der Waals surface area contributed by atoms with Crippen molar-refractivity contribution in [1.82, 2.24) is 24.8 Å². The van der Waals surface area contributed by atoms with Crippen molar-refractivity contribution in [1.29, 1.82) is 0 Å². The van der Waals surface area contributed by atoms with E-state index >= 15 is 0 Å². The van der Waals surface area contributed by atoms with Gasteiger partial charge in [0.05, 0.1) is 12.1 Å². The first-order valence-electron chi connectivity index (χ1n) is 10.6. The van der Waals surface area contributed by atoms with Gasteiger partial charge in [0.15, 0.2) is 11.5 Å². The van der Waals surface area contributed by atoms with E-state index in [4.69, 9.17) is 0 Å². The maximum Gasteiger partial charge on any atom is 0.320 e. The van der Waals surface area contributed by atoms with E-state index in [1.54, 1.807) is 10.7 Å². The molecule has 4 heterocycles. The molecule has 160 valence electrons. The van der Waals surface area contributed by atoms with Crippen molar-refractivity contribution in [2.45, 2.75) is 26.4 Å². The van der Waals surface area contributed by atoms with E-state index in [9.17, 15) is 9.59 Å². The Morgan fingerprint density at radius 3 is 2.65 bits per heavy atom. The molecule has 0 bridgehead atoms. The lowest BCUT2D eigenvalue weighted by Gasteiger charge is -2.21. The zero-order valence-electron chi connectivity index (χ0n) is 17.4. The van der Waals surface area contributed by atoms with E-state index in [2.05, 4.69) is 37.7 Å². The van der Waals surface area contributed by atoms with Crippen molar-refractivity contribution in [3.63, 3.8) is 0 Å². The van der Waals surface area contributed by atoms with Gasteiger partial charge in [-0.1, -0.05) is 24.3 Å². The van der Waals surface area contributed by atoms with Crippen molar-refractivity contribution < 1.29 is 9.59 Å². The van der Waals surface area contributed by atoms with Crippen LogP contribution in [0.3, 0.4) is 0 Å². The zero-order chi connectivity index (χ0) is 21.4. The first-order chi connectivity index (χ1) is 15.1. The summed E-state index contributed by atoms with van der Waals surface area (Å²) in [6.45, 7) is 5.24. The third-order valence-corrected chi connectivity index (χ3v) is 5.90. The van der Waals surface area contributed by atoms with Crippen molar-refractivity contribution in [2.75, 3.05) is 29.9 Å². The second-order valence-corrected chi connectivity index (χ2v) is 8.00. The number of aromatic nitrogens is 3. The summed E-state index contributed by atoms with van der Waals surface area (Å²) in [5, 5.41) is 10.0. The molecule has 31 heavy (non-hydrogen) atoms. The number of amides is 3. The Kier molecular flexibility index (Phi) is 4.93. The summed E-state index contributed by atoms with van der Waals surface area (Å²) in [5.41, 5.74) is 3.14. The van der Waals surface area contributed by atoms with Gasteiger partial charge in [0.2, 0.25) is 5.91 Å². The van der Waals surface area contributed by atoms with Crippen molar-refractivity contribution in [3.05, 3.63) is 53.7 Å². The van der Waals surface area contributed by atoms with E-state index in [1.165, 1.54) is 11.1 Å². The fourth-order valence-electron chi connectivity index (χ4n) is 4.34. The summed E-state index contributed by atoms with van der Waals surface area (Å²) in [7, 11) is 0. The number of urea groups is 1. The minimum atomic E-state index is -0.295. The fraction of sp³-hybridized carbons (Fsp3) is 0.364. The number of rotatable bonds is 4. The fourth-order valence-corrected chi connectivity index (χ4v) is 4.34. The highest BCUT2D eigenvalue weighted by atomic mass is 16.2. The van der Waals surface area contributed by atoms with E-state index in [-0.39, 0.29) is 17.9 Å². The molecule has 0 radical (unpaired) electrons. The van der Waals surface area contributed by atoms with Gasteiger partial charge < -0.3 is 15.1 Å². The van der Waals surface area contributed by atoms with Crippen LogP contribution in [0.25, 0.3) is 5.65 Å². The Morgan fingerprint density at radius 1 is 1.13 bits per heavy atom. The second-order valence-electron chi connectivity index (χ2n) is 8.00. The van der Waals surface area contributed by atoms with Gasteiger partial charge in [0.1, 0.15) is 5.82 Å². The van der Waals surface area contributed by atoms with E-state index in [0.717, 1.165) is 18.8 Å². The summed E-state index contributed by atoms with van der Waals surface area (Å²) in [5.74, 6) is 1.44. The van der Waals surface area contributed by atoms with Crippen LogP contribution >= 0.6 is 0 Å². The minimum Gasteiger partial charge on any atom is -0.354 e. The van der Waals surface area contributed by atoms with Crippen LogP contribution in [-0.2, 0) is 17.9 Å². The number of carbonyl (C=O) groups is 2. The molecule has 2 N–H and O–H groups in total. The summed E-state index contributed by atoms with van der Waals surface area (Å²) < 4.78 is 1.66. The molecule has 5 rings (SSSR count). The number of carbonyl (C=O) groups excluding carboxylic acids is 2. The number of imidazole rings is 1. The lowest BCUT2D eigenvalue weighted by atomic mass is 10.1. The van der Waals surface area contributed by atoms with Crippen molar-refractivity contribution in [3.8, 4) is 0 Å². The Morgan fingerprint density at radius 2 is 1.90 bits per heavy atom. The molecule has 9 heteroatoms. The SMILES string of the molecule is CCNC(=O)Nc1cn2nc(N3CCC(C(=O)N4Cc5ccccc5C4)C3)ccc2n1. The van der Waals surface area contributed by atoms with E-state index < -0.39 is 0 Å². The number of hydrogen-bond acceptors (Lipinski definition) is 5. The normalized spacial score (nSPS) is 17.8. The predicted octanol–water partition coefficient (Wildman–Crippen LogP) is 2.24. The Hall–Kier alpha value is -3.62. The van der Waals surface area contributed by atoms with Crippen LogP contribution in [0, 0.1) is 5.92 Å².